The maximum atomic E-state index is 10.9. The SMILES string of the molecule is CCC(=O)OC1CCCC=CO1. The van der Waals surface area contributed by atoms with Crippen molar-refractivity contribution in [2.24, 2.45) is 0 Å². The molecule has 1 heterocycles. The molecule has 0 aromatic heterocycles. The van der Waals surface area contributed by atoms with Gasteiger partial charge in [0.1, 0.15) is 0 Å². The molecule has 0 aromatic rings. The van der Waals surface area contributed by atoms with Gasteiger partial charge in [0.05, 0.1) is 6.26 Å². The number of esters is 1. The van der Waals surface area contributed by atoms with Crippen molar-refractivity contribution in [3.8, 4) is 0 Å². The quantitative estimate of drug-likeness (QED) is 0.594. The summed E-state index contributed by atoms with van der Waals surface area (Å²) in [6.45, 7) is 1.77. The normalized spacial score (nSPS) is 22.6. The van der Waals surface area contributed by atoms with Crippen molar-refractivity contribution in [2.75, 3.05) is 0 Å². The molecule has 1 rings (SSSR count). The summed E-state index contributed by atoms with van der Waals surface area (Å²) in [7, 11) is 0. The number of ether oxygens (including phenoxy) is 2. The van der Waals surface area contributed by atoms with Crippen LogP contribution in [0.4, 0.5) is 0 Å². The second-order valence-electron chi connectivity index (χ2n) is 2.71. The van der Waals surface area contributed by atoms with Crippen molar-refractivity contribution in [1.82, 2.24) is 0 Å². The number of allylic oxidation sites excluding steroid dienone is 1. The summed E-state index contributed by atoms with van der Waals surface area (Å²) in [4.78, 5) is 10.9. The summed E-state index contributed by atoms with van der Waals surface area (Å²) in [5, 5.41) is 0. The van der Waals surface area contributed by atoms with Gasteiger partial charge in [0.2, 0.25) is 6.29 Å². The molecule has 1 atom stereocenters. The van der Waals surface area contributed by atoms with E-state index in [0.29, 0.717) is 6.42 Å². The van der Waals surface area contributed by atoms with E-state index in [2.05, 4.69) is 0 Å². The molecule has 0 saturated carbocycles. The first-order valence-electron chi connectivity index (χ1n) is 4.33. The topological polar surface area (TPSA) is 35.5 Å². The molecule has 0 fully saturated rings. The zero-order valence-corrected chi connectivity index (χ0v) is 7.29. The molecule has 1 aliphatic heterocycles. The molecule has 3 nitrogen and oxygen atoms in total. The molecular formula is C9H14O3. The molecule has 1 unspecified atom stereocenters. The van der Waals surface area contributed by atoms with Gasteiger partial charge in [0, 0.05) is 12.8 Å². The first-order valence-corrected chi connectivity index (χ1v) is 4.33. The lowest BCUT2D eigenvalue weighted by molar-refractivity contribution is -0.169. The van der Waals surface area contributed by atoms with Crippen LogP contribution in [0.1, 0.15) is 32.6 Å². The van der Waals surface area contributed by atoms with Crippen LogP contribution in [-0.2, 0) is 14.3 Å². The first-order chi connectivity index (χ1) is 5.83. The summed E-state index contributed by atoms with van der Waals surface area (Å²) in [5.41, 5.74) is 0. The van der Waals surface area contributed by atoms with Gasteiger partial charge in [0.15, 0.2) is 0 Å². The molecular weight excluding hydrogens is 156 g/mol. The van der Waals surface area contributed by atoms with Gasteiger partial charge in [0.25, 0.3) is 0 Å². The predicted octanol–water partition coefficient (Wildman–Crippen LogP) is 1.98. The third-order valence-corrected chi connectivity index (χ3v) is 1.69. The fourth-order valence-corrected chi connectivity index (χ4v) is 0.998. The highest BCUT2D eigenvalue weighted by Crippen LogP contribution is 2.12. The Balaban J connectivity index is 2.30. The van der Waals surface area contributed by atoms with Crippen LogP contribution in [0, 0.1) is 0 Å². The lowest BCUT2D eigenvalue weighted by Gasteiger charge is -2.14. The molecule has 0 radical (unpaired) electrons. The van der Waals surface area contributed by atoms with Crippen LogP contribution in [0.2, 0.25) is 0 Å². The van der Waals surface area contributed by atoms with Crippen LogP contribution in [0.25, 0.3) is 0 Å². The Morgan fingerprint density at radius 2 is 2.58 bits per heavy atom. The van der Waals surface area contributed by atoms with E-state index in [4.69, 9.17) is 9.47 Å². The number of carbonyl (C=O) groups excluding carboxylic acids is 1. The lowest BCUT2D eigenvalue weighted by Crippen LogP contribution is -2.18. The van der Waals surface area contributed by atoms with Crippen LogP contribution in [0.3, 0.4) is 0 Å². The zero-order valence-electron chi connectivity index (χ0n) is 7.29. The van der Waals surface area contributed by atoms with Crippen molar-refractivity contribution >= 4 is 5.97 Å². The van der Waals surface area contributed by atoms with E-state index < -0.39 is 0 Å². The van der Waals surface area contributed by atoms with Crippen LogP contribution < -0.4 is 0 Å². The van der Waals surface area contributed by atoms with Gasteiger partial charge >= 0.3 is 5.97 Å². The Kier molecular flexibility index (Phi) is 3.64. The highest BCUT2D eigenvalue weighted by molar-refractivity contribution is 5.68. The van der Waals surface area contributed by atoms with E-state index in [9.17, 15) is 4.79 Å². The van der Waals surface area contributed by atoms with Crippen LogP contribution in [0.5, 0.6) is 0 Å². The average Bonchev–Trinajstić information content (AvgIpc) is 2.33. The van der Waals surface area contributed by atoms with E-state index in [1.165, 1.54) is 0 Å². The van der Waals surface area contributed by atoms with Crippen molar-refractivity contribution in [1.29, 1.82) is 0 Å². The van der Waals surface area contributed by atoms with Gasteiger partial charge in [-0.3, -0.25) is 4.79 Å². The molecule has 12 heavy (non-hydrogen) atoms. The maximum Gasteiger partial charge on any atom is 0.308 e. The predicted molar refractivity (Wildman–Crippen MR) is 44.2 cm³/mol. The summed E-state index contributed by atoms with van der Waals surface area (Å²) >= 11 is 0. The molecule has 3 heteroatoms. The summed E-state index contributed by atoms with van der Waals surface area (Å²) < 4.78 is 10.2. The Morgan fingerprint density at radius 1 is 1.75 bits per heavy atom. The average molecular weight is 170 g/mol. The summed E-state index contributed by atoms with van der Waals surface area (Å²) in [6.07, 6.45) is 6.40. The molecule has 1 aliphatic rings. The Hall–Kier alpha value is -0.990. The van der Waals surface area contributed by atoms with Crippen molar-refractivity contribution in [3.05, 3.63) is 12.3 Å². The smallest absolute Gasteiger partial charge is 0.308 e. The van der Waals surface area contributed by atoms with Gasteiger partial charge in [-0.2, -0.15) is 0 Å². The number of carbonyl (C=O) groups is 1. The standard InChI is InChI=1S/C9H14O3/c1-2-8(10)12-9-6-4-3-5-7-11-9/h5,7,9H,2-4,6H2,1H3. The van der Waals surface area contributed by atoms with Crippen LogP contribution >= 0.6 is 0 Å². The van der Waals surface area contributed by atoms with Gasteiger partial charge in [-0.05, 0) is 18.9 Å². The lowest BCUT2D eigenvalue weighted by atomic mass is 10.2. The fourth-order valence-electron chi connectivity index (χ4n) is 0.998. The largest absolute Gasteiger partial charge is 0.463 e. The highest BCUT2D eigenvalue weighted by atomic mass is 16.7. The Labute approximate surface area is 72.4 Å². The molecule has 68 valence electrons. The number of hydrogen-bond acceptors (Lipinski definition) is 3. The minimum Gasteiger partial charge on any atom is -0.463 e. The molecule has 0 aromatic carbocycles. The van der Waals surface area contributed by atoms with E-state index in [-0.39, 0.29) is 12.3 Å². The van der Waals surface area contributed by atoms with E-state index in [1.54, 1.807) is 13.2 Å². The summed E-state index contributed by atoms with van der Waals surface area (Å²) in [6, 6.07) is 0. The van der Waals surface area contributed by atoms with Gasteiger partial charge < -0.3 is 9.47 Å². The maximum absolute atomic E-state index is 10.9. The second kappa shape index (κ2) is 4.80. The van der Waals surface area contributed by atoms with Crippen molar-refractivity contribution in [3.63, 3.8) is 0 Å². The zero-order chi connectivity index (χ0) is 8.81. The van der Waals surface area contributed by atoms with Gasteiger partial charge in [-0.25, -0.2) is 0 Å². The first kappa shape index (κ1) is 9.10. The van der Waals surface area contributed by atoms with Crippen molar-refractivity contribution in [2.45, 2.75) is 38.9 Å². The Morgan fingerprint density at radius 3 is 3.33 bits per heavy atom. The second-order valence-corrected chi connectivity index (χ2v) is 2.71. The highest BCUT2D eigenvalue weighted by Gasteiger charge is 2.13. The third-order valence-electron chi connectivity index (χ3n) is 1.69. The number of hydrogen-bond donors (Lipinski definition) is 0. The third kappa shape index (κ3) is 2.95. The molecule has 0 aliphatic carbocycles. The minimum absolute atomic E-state index is 0.199. The van der Waals surface area contributed by atoms with E-state index >= 15 is 0 Å². The van der Waals surface area contributed by atoms with Gasteiger partial charge in [-0.1, -0.05) is 6.92 Å². The summed E-state index contributed by atoms with van der Waals surface area (Å²) in [5.74, 6) is -0.199. The minimum atomic E-state index is -0.365. The molecule has 0 bridgehead atoms. The van der Waals surface area contributed by atoms with E-state index in [0.717, 1.165) is 19.3 Å². The molecule has 0 N–H and O–H groups in total. The van der Waals surface area contributed by atoms with Crippen LogP contribution in [0.15, 0.2) is 12.3 Å². The Bertz CT molecular complexity index is 175. The van der Waals surface area contributed by atoms with E-state index in [1.807, 2.05) is 6.08 Å². The molecule has 0 amide bonds. The molecule has 0 spiro atoms. The van der Waals surface area contributed by atoms with Gasteiger partial charge in [-0.15, -0.1) is 0 Å². The van der Waals surface area contributed by atoms with Crippen molar-refractivity contribution < 1.29 is 14.3 Å². The van der Waals surface area contributed by atoms with Crippen LogP contribution in [-0.4, -0.2) is 12.3 Å². The monoisotopic (exact) mass is 170 g/mol. The molecule has 0 saturated heterocycles. The fraction of sp³-hybridized carbons (Fsp3) is 0.667. The number of rotatable bonds is 2.